The van der Waals surface area contributed by atoms with Crippen molar-refractivity contribution in [3.63, 3.8) is 0 Å². The molecule has 0 saturated carbocycles. The summed E-state index contributed by atoms with van der Waals surface area (Å²) in [5.41, 5.74) is 3.34. The number of amides is 1. The Morgan fingerprint density at radius 3 is 2.72 bits per heavy atom. The number of methoxy groups -OCH3 is 2. The van der Waals surface area contributed by atoms with Crippen molar-refractivity contribution in [3.05, 3.63) is 72.3 Å². The Balaban J connectivity index is 1.78. The number of carbonyl (C=O) groups excluding carboxylic acids is 1. The van der Waals surface area contributed by atoms with Crippen LogP contribution in [0.2, 0.25) is 0 Å². The van der Waals surface area contributed by atoms with E-state index in [1.807, 2.05) is 55.7 Å². The molecule has 2 aromatic heterocycles. The van der Waals surface area contributed by atoms with Gasteiger partial charge in [-0.1, -0.05) is 6.07 Å². The van der Waals surface area contributed by atoms with Crippen LogP contribution >= 0.6 is 12.2 Å². The van der Waals surface area contributed by atoms with Gasteiger partial charge in [0, 0.05) is 37.9 Å². The first-order chi connectivity index (χ1) is 15.5. The summed E-state index contributed by atoms with van der Waals surface area (Å²) in [6.07, 6.45) is 3.79. The van der Waals surface area contributed by atoms with E-state index in [-0.39, 0.29) is 24.6 Å². The lowest BCUT2D eigenvalue weighted by Gasteiger charge is -2.29. The molecule has 2 unspecified atom stereocenters. The third kappa shape index (κ3) is 4.17. The van der Waals surface area contributed by atoms with Gasteiger partial charge < -0.3 is 29.6 Å². The summed E-state index contributed by atoms with van der Waals surface area (Å²) in [5.74, 6) is 0.281. The average Bonchev–Trinajstić information content (AvgIpc) is 3.36. The molecule has 1 fully saturated rings. The maximum absolute atomic E-state index is 12.2. The van der Waals surface area contributed by atoms with Crippen LogP contribution in [0.15, 0.2) is 60.9 Å². The number of benzene rings is 1. The number of hydrogen-bond donors (Lipinski definition) is 2. The molecule has 1 aromatic carbocycles. The Kier molecular flexibility index (Phi) is 6.38. The lowest BCUT2D eigenvalue weighted by Crippen LogP contribution is -2.30. The molecule has 1 aliphatic rings. The Morgan fingerprint density at radius 2 is 2.06 bits per heavy atom. The number of nitrogens with one attached hydrogen (secondary N) is 2. The standard InChI is InChI=1S/C23H25N5O3S/c1-27-12-6-8-18(27)22-21(16-7-4-5-11-24-16)26-23(32)28(22)15-9-10-19(31-3)17(13-15)25-20(29)14-30-2/h4-13,21-22H,14H2,1-3H3,(H,25,29)(H,26,32). The monoisotopic (exact) mass is 451 g/mol. The molecule has 1 aliphatic heterocycles. The third-order valence-electron chi connectivity index (χ3n) is 5.40. The topological polar surface area (TPSA) is 80.7 Å². The lowest BCUT2D eigenvalue weighted by molar-refractivity contribution is -0.119. The molecule has 32 heavy (non-hydrogen) atoms. The van der Waals surface area contributed by atoms with Gasteiger partial charge in [0.15, 0.2) is 5.11 Å². The second-order valence-electron chi connectivity index (χ2n) is 7.41. The molecule has 2 atom stereocenters. The van der Waals surface area contributed by atoms with Gasteiger partial charge in [0.2, 0.25) is 5.91 Å². The molecule has 1 saturated heterocycles. The van der Waals surface area contributed by atoms with Gasteiger partial charge in [0.05, 0.1) is 24.5 Å². The summed E-state index contributed by atoms with van der Waals surface area (Å²) in [7, 11) is 5.05. The van der Waals surface area contributed by atoms with Crippen molar-refractivity contribution in [2.45, 2.75) is 12.1 Å². The van der Waals surface area contributed by atoms with E-state index in [0.29, 0.717) is 16.5 Å². The van der Waals surface area contributed by atoms with Gasteiger partial charge in [-0.05, 0) is 54.7 Å². The molecule has 8 nitrogen and oxygen atoms in total. The van der Waals surface area contributed by atoms with Crippen molar-refractivity contribution < 1.29 is 14.3 Å². The summed E-state index contributed by atoms with van der Waals surface area (Å²) in [6, 6.07) is 15.2. The number of nitrogens with zero attached hydrogens (tertiary/aromatic N) is 3. The number of aromatic nitrogens is 2. The Bertz CT molecular complexity index is 1120. The first-order valence-corrected chi connectivity index (χ1v) is 10.5. The van der Waals surface area contributed by atoms with Crippen molar-refractivity contribution in [2.24, 2.45) is 7.05 Å². The second-order valence-corrected chi connectivity index (χ2v) is 7.79. The van der Waals surface area contributed by atoms with Crippen LogP contribution in [0.25, 0.3) is 0 Å². The van der Waals surface area contributed by atoms with Crippen LogP contribution < -0.4 is 20.3 Å². The molecular weight excluding hydrogens is 426 g/mol. The molecule has 0 radical (unpaired) electrons. The minimum atomic E-state index is -0.268. The highest BCUT2D eigenvalue weighted by Crippen LogP contribution is 2.43. The van der Waals surface area contributed by atoms with Gasteiger partial charge in [-0.2, -0.15) is 0 Å². The molecule has 3 heterocycles. The van der Waals surface area contributed by atoms with E-state index in [4.69, 9.17) is 21.7 Å². The zero-order valence-electron chi connectivity index (χ0n) is 18.1. The third-order valence-corrected chi connectivity index (χ3v) is 5.71. The zero-order valence-corrected chi connectivity index (χ0v) is 18.9. The van der Waals surface area contributed by atoms with Crippen molar-refractivity contribution in [1.29, 1.82) is 0 Å². The smallest absolute Gasteiger partial charge is 0.250 e. The van der Waals surface area contributed by atoms with E-state index >= 15 is 0 Å². The molecule has 2 N–H and O–H groups in total. The lowest BCUT2D eigenvalue weighted by atomic mass is 10.0. The van der Waals surface area contributed by atoms with Gasteiger partial charge in [-0.15, -0.1) is 0 Å². The molecule has 3 aromatic rings. The fourth-order valence-corrected chi connectivity index (χ4v) is 4.32. The highest BCUT2D eigenvalue weighted by molar-refractivity contribution is 7.80. The average molecular weight is 452 g/mol. The van der Waals surface area contributed by atoms with E-state index in [1.54, 1.807) is 13.3 Å². The summed E-state index contributed by atoms with van der Waals surface area (Å²) in [4.78, 5) is 18.8. The normalized spacial score (nSPS) is 17.8. The maximum Gasteiger partial charge on any atom is 0.250 e. The number of anilines is 2. The molecule has 0 bridgehead atoms. The molecule has 0 aliphatic carbocycles. The van der Waals surface area contributed by atoms with Crippen molar-refractivity contribution in [2.75, 3.05) is 31.0 Å². The Morgan fingerprint density at radius 1 is 1.22 bits per heavy atom. The highest BCUT2D eigenvalue weighted by Gasteiger charge is 2.42. The predicted octanol–water partition coefficient (Wildman–Crippen LogP) is 3.19. The first kappa shape index (κ1) is 21.8. The minimum absolute atomic E-state index is 0.0508. The molecule has 166 valence electrons. The van der Waals surface area contributed by atoms with Crippen LogP contribution in [0, 0.1) is 0 Å². The quantitative estimate of drug-likeness (QED) is 0.534. The van der Waals surface area contributed by atoms with Crippen molar-refractivity contribution >= 4 is 34.6 Å². The van der Waals surface area contributed by atoms with Gasteiger partial charge in [0.25, 0.3) is 0 Å². The fraction of sp³-hybridized carbons (Fsp3) is 0.261. The van der Waals surface area contributed by atoms with Crippen LogP contribution in [0.5, 0.6) is 5.75 Å². The van der Waals surface area contributed by atoms with Gasteiger partial charge in [0.1, 0.15) is 18.4 Å². The number of aryl methyl sites for hydroxylation is 1. The number of rotatable bonds is 7. The number of hydrogen-bond acceptors (Lipinski definition) is 5. The summed E-state index contributed by atoms with van der Waals surface area (Å²) in [6.45, 7) is -0.0508. The Labute approximate surface area is 192 Å². The minimum Gasteiger partial charge on any atom is -0.495 e. The molecule has 9 heteroatoms. The van der Waals surface area contributed by atoms with E-state index in [9.17, 15) is 4.79 Å². The zero-order chi connectivity index (χ0) is 22.7. The van der Waals surface area contributed by atoms with Crippen LogP contribution in [-0.2, 0) is 16.6 Å². The first-order valence-electron chi connectivity index (χ1n) is 10.1. The SMILES string of the molecule is COCC(=O)Nc1cc(N2C(=S)NC(c3ccccn3)C2c2cccn2C)ccc1OC. The van der Waals surface area contributed by atoms with Crippen LogP contribution in [0.3, 0.4) is 0 Å². The van der Waals surface area contributed by atoms with Gasteiger partial charge in [-0.25, -0.2) is 0 Å². The van der Waals surface area contributed by atoms with E-state index in [0.717, 1.165) is 17.1 Å². The molecule has 1 amide bonds. The fourth-order valence-electron chi connectivity index (χ4n) is 3.98. The van der Waals surface area contributed by atoms with Gasteiger partial charge >= 0.3 is 0 Å². The predicted molar refractivity (Wildman–Crippen MR) is 127 cm³/mol. The van der Waals surface area contributed by atoms with Crippen LogP contribution in [-0.4, -0.2) is 41.4 Å². The summed E-state index contributed by atoms with van der Waals surface area (Å²) < 4.78 is 12.5. The summed E-state index contributed by atoms with van der Waals surface area (Å²) in [5, 5.41) is 6.86. The highest BCUT2D eigenvalue weighted by atomic mass is 32.1. The molecular formula is C23H25N5O3S. The number of ether oxygens (including phenoxy) is 2. The number of pyridine rings is 1. The second kappa shape index (κ2) is 9.37. The Hall–Kier alpha value is -3.43. The molecule has 4 rings (SSSR count). The largest absolute Gasteiger partial charge is 0.495 e. The van der Waals surface area contributed by atoms with Gasteiger partial charge in [-0.3, -0.25) is 9.78 Å². The van der Waals surface area contributed by atoms with E-state index in [2.05, 4.69) is 31.2 Å². The van der Waals surface area contributed by atoms with E-state index < -0.39 is 0 Å². The maximum atomic E-state index is 12.2. The van der Waals surface area contributed by atoms with Crippen molar-refractivity contribution in [1.82, 2.24) is 14.9 Å². The molecule has 0 spiro atoms. The van der Waals surface area contributed by atoms with Crippen molar-refractivity contribution in [3.8, 4) is 5.75 Å². The van der Waals surface area contributed by atoms with E-state index in [1.165, 1.54) is 7.11 Å². The summed E-state index contributed by atoms with van der Waals surface area (Å²) >= 11 is 5.77. The van der Waals surface area contributed by atoms with Crippen LogP contribution in [0.4, 0.5) is 11.4 Å². The number of carbonyl (C=O) groups is 1. The van der Waals surface area contributed by atoms with Crippen LogP contribution in [0.1, 0.15) is 23.5 Å². The number of thiocarbonyl (C=S) groups is 1.